The monoisotopic (exact) mass is 409 g/mol. The van der Waals surface area contributed by atoms with Crippen LogP contribution < -0.4 is 4.74 Å². The number of benzene rings is 2. The van der Waals surface area contributed by atoms with Gasteiger partial charge in [0.2, 0.25) is 0 Å². The molecule has 30 heavy (non-hydrogen) atoms. The SMILES string of the molecule is COCCN1C(=O)C(=O)/C(=C(/O)c2ccc(OC)cc2)[C@H]1c1ccc(C(C)C)cc1. The second-order valence-corrected chi connectivity index (χ2v) is 7.54. The highest BCUT2D eigenvalue weighted by Gasteiger charge is 2.45. The molecule has 3 rings (SSSR count). The van der Waals surface area contributed by atoms with Crippen LogP contribution in [0, 0.1) is 0 Å². The summed E-state index contributed by atoms with van der Waals surface area (Å²) in [6.07, 6.45) is 0. The summed E-state index contributed by atoms with van der Waals surface area (Å²) in [7, 11) is 3.09. The van der Waals surface area contributed by atoms with E-state index in [4.69, 9.17) is 9.47 Å². The number of ketones is 1. The van der Waals surface area contributed by atoms with Crippen LogP contribution >= 0.6 is 0 Å². The third kappa shape index (κ3) is 4.09. The molecule has 2 aromatic rings. The number of aliphatic hydroxyl groups excluding tert-OH is 1. The molecule has 2 aromatic carbocycles. The lowest BCUT2D eigenvalue weighted by Gasteiger charge is -2.25. The van der Waals surface area contributed by atoms with Gasteiger partial charge in [-0.05, 0) is 41.3 Å². The maximum Gasteiger partial charge on any atom is 0.295 e. The number of rotatable bonds is 7. The molecule has 1 aliphatic rings. The van der Waals surface area contributed by atoms with Gasteiger partial charge in [0.05, 0.1) is 25.3 Å². The third-order valence-corrected chi connectivity index (χ3v) is 5.36. The van der Waals surface area contributed by atoms with Gasteiger partial charge < -0.3 is 19.5 Å². The molecule has 6 heteroatoms. The van der Waals surface area contributed by atoms with E-state index in [9.17, 15) is 14.7 Å². The normalized spacial score (nSPS) is 18.3. The van der Waals surface area contributed by atoms with Crippen molar-refractivity contribution in [3.63, 3.8) is 0 Å². The molecule has 0 saturated carbocycles. The number of methoxy groups -OCH3 is 2. The van der Waals surface area contributed by atoms with Crippen LogP contribution in [0.25, 0.3) is 5.76 Å². The molecule has 1 N–H and O–H groups in total. The Bertz CT molecular complexity index is 945. The van der Waals surface area contributed by atoms with Crippen molar-refractivity contribution in [2.45, 2.75) is 25.8 Å². The smallest absolute Gasteiger partial charge is 0.295 e. The molecule has 0 spiro atoms. The Labute approximate surface area is 176 Å². The molecule has 0 bridgehead atoms. The number of amides is 1. The van der Waals surface area contributed by atoms with E-state index >= 15 is 0 Å². The summed E-state index contributed by atoms with van der Waals surface area (Å²) < 4.78 is 10.3. The van der Waals surface area contributed by atoms with E-state index < -0.39 is 17.7 Å². The molecule has 6 nitrogen and oxygen atoms in total. The molecular weight excluding hydrogens is 382 g/mol. The Morgan fingerprint density at radius 2 is 1.67 bits per heavy atom. The lowest BCUT2D eigenvalue weighted by molar-refractivity contribution is -0.140. The molecule has 0 unspecified atom stereocenters. The van der Waals surface area contributed by atoms with Gasteiger partial charge in [-0.2, -0.15) is 0 Å². The summed E-state index contributed by atoms with van der Waals surface area (Å²) in [5.41, 5.74) is 2.45. The number of hydrogen-bond donors (Lipinski definition) is 1. The average Bonchev–Trinajstić information content (AvgIpc) is 3.02. The van der Waals surface area contributed by atoms with Gasteiger partial charge in [0.15, 0.2) is 0 Å². The average molecular weight is 409 g/mol. The predicted octanol–water partition coefficient (Wildman–Crippen LogP) is 3.89. The maximum atomic E-state index is 12.9. The first-order chi connectivity index (χ1) is 14.4. The van der Waals surface area contributed by atoms with Crippen LogP contribution in [0.5, 0.6) is 5.75 Å². The summed E-state index contributed by atoms with van der Waals surface area (Å²) in [4.78, 5) is 27.1. The Morgan fingerprint density at radius 3 is 2.20 bits per heavy atom. The van der Waals surface area contributed by atoms with E-state index in [1.807, 2.05) is 24.3 Å². The van der Waals surface area contributed by atoms with Crippen molar-refractivity contribution in [3.8, 4) is 5.75 Å². The summed E-state index contributed by atoms with van der Waals surface area (Å²) in [5, 5.41) is 11.0. The molecule has 1 fully saturated rings. The van der Waals surface area contributed by atoms with E-state index in [1.54, 1.807) is 38.5 Å². The van der Waals surface area contributed by atoms with E-state index in [0.717, 1.165) is 11.1 Å². The first-order valence-corrected chi connectivity index (χ1v) is 9.90. The van der Waals surface area contributed by atoms with Crippen molar-refractivity contribution in [1.29, 1.82) is 0 Å². The molecule has 1 atom stereocenters. The summed E-state index contributed by atoms with van der Waals surface area (Å²) in [6.45, 7) is 4.74. The Balaban J connectivity index is 2.11. The Morgan fingerprint density at radius 1 is 1.03 bits per heavy atom. The third-order valence-electron chi connectivity index (χ3n) is 5.36. The van der Waals surface area contributed by atoms with Crippen molar-refractivity contribution < 1.29 is 24.2 Å². The van der Waals surface area contributed by atoms with Gasteiger partial charge in [-0.25, -0.2) is 0 Å². The zero-order valence-electron chi connectivity index (χ0n) is 17.7. The minimum absolute atomic E-state index is 0.0820. The van der Waals surface area contributed by atoms with Crippen LogP contribution in [0.3, 0.4) is 0 Å². The lowest BCUT2D eigenvalue weighted by Crippen LogP contribution is -2.32. The fourth-order valence-corrected chi connectivity index (χ4v) is 3.61. The first-order valence-electron chi connectivity index (χ1n) is 9.90. The molecule has 158 valence electrons. The number of carbonyl (C=O) groups is 2. The van der Waals surface area contributed by atoms with Crippen molar-refractivity contribution in [1.82, 2.24) is 4.90 Å². The van der Waals surface area contributed by atoms with Crippen LogP contribution in [0.4, 0.5) is 0 Å². The number of carbonyl (C=O) groups excluding carboxylic acids is 2. The predicted molar refractivity (Wildman–Crippen MR) is 114 cm³/mol. The molecule has 1 aliphatic heterocycles. The van der Waals surface area contributed by atoms with Crippen LogP contribution in [0.1, 0.15) is 42.5 Å². The zero-order valence-corrected chi connectivity index (χ0v) is 17.7. The summed E-state index contributed by atoms with van der Waals surface area (Å²) in [5.74, 6) is -0.544. The minimum Gasteiger partial charge on any atom is -0.507 e. The van der Waals surface area contributed by atoms with Gasteiger partial charge in [0.25, 0.3) is 11.7 Å². The fraction of sp³-hybridized carbons (Fsp3) is 0.333. The fourth-order valence-electron chi connectivity index (χ4n) is 3.61. The highest BCUT2D eigenvalue weighted by Crippen LogP contribution is 2.39. The Kier molecular flexibility index (Phi) is 6.57. The van der Waals surface area contributed by atoms with Crippen LogP contribution in [0.2, 0.25) is 0 Å². The minimum atomic E-state index is -0.697. The second kappa shape index (κ2) is 9.13. The molecule has 1 heterocycles. The van der Waals surface area contributed by atoms with E-state index in [0.29, 0.717) is 17.2 Å². The van der Waals surface area contributed by atoms with Gasteiger partial charge in [0, 0.05) is 19.2 Å². The molecule has 0 aromatic heterocycles. The van der Waals surface area contributed by atoms with Gasteiger partial charge in [0.1, 0.15) is 11.5 Å². The van der Waals surface area contributed by atoms with Gasteiger partial charge in [-0.3, -0.25) is 9.59 Å². The van der Waals surface area contributed by atoms with Crippen LogP contribution in [-0.4, -0.2) is 49.1 Å². The summed E-state index contributed by atoms with van der Waals surface area (Å²) >= 11 is 0. The second-order valence-electron chi connectivity index (χ2n) is 7.54. The number of nitrogens with zero attached hydrogens (tertiary/aromatic N) is 1. The number of aliphatic hydroxyl groups is 1. The van der Waals surface area contributed by atoms with Crippen molar-refractivity contribution in [2.75, 3.05) is 27.4 Å². The van der Waals surface area contributed by atoms with Gasteiger partial charge in [-0.15, -0.1) is 0 Å². The number of Topliss-reactive ketones (excluding diaryl/α,β-unsaturated/α-hetero) is 1. The van der Waals surface area contributed by atoms with E-state index in [2.05, 4.69) is 13.8 Å². The highest BCUT2D eigenvalue weighted by molar-refractivity contribution is 6.46. The number of ether oxygens (including phenoxy) is 2. The molecule has 0 radical (unpaired) electrons. The largest absolute Gasteiger partial charge is 0.507 e. The molecule has 1 saturated heterocycles. The van der Waals surface area contributed by atoms with Crippen molar-refractivity contribution in [2.24, 2.45) is 0 Å². The molecular formula is C24H27NO5. The standard InChI is InChI=1S/C24H27NO5/c1-15(2)16-5-7-17(8-6-16)21-20(23(27)24(28)25(21)13-14-29-3)22(26)18-9-11-19(30-4)12-10-18/h5-12,15,21,26H,13-14H2,1-4H3/b22-20+/t21-/m1/s1. The van der Waals surface area contributed by atoms with Gasteiger partial charge >= 0.3 is 0 Å². The Hall–Kier alpha value is -3.12. The van der Waals surface area contributed by atoms with E-state index in [1.165, 1.54) is 4.90 Å². The zero-order chi connectivity index (χ0) is 21.8. The lowest BCUT2D eigenvalue weighted by atomic mass is 9.93. The quantitative estimate of drug-likeness (QED) is 0.427. The highest BCUT2D eigenvalue weighted by atomic mass is 16.5. The van der Waals surface area contributed by atoms with E-state index in [-0.39, 0.29) is 24.5 Å². The van der Waals surface area contributed by atoms with Crippen molar-refractivity contribution >= 4 is 17.4 Å². The topological polar surface area (TPSA) is 76.1 Å². The first kappa shape index (κ1) is 21.6. The molecule has 0 aliphatic carbocycles. The summed E-state index contributed by atoms with van der Waals surface area (Å²) in [6, 6.07) is 13.8. The van der Waals surface area contributed by atoms with Crippen molar-refractivity contribution in [3.05, 3.63) is 70.8 Å². The number of hydrogen-bond acceptors (Lipinski definition) is 5. The van der Waals surface area contributed by atoms with Crippen LogP contribution in [-0.2, 0) is 14.3 Å². The molecule has 1 amide bonds. The maximum absolute atomic E-state index is 12.9. The van der Waals surface area contributed by atoms with Gasteiger partial charge in [-0.1, -0.05) is 38.1 Å². The van der Waals surface area contributed by atoms with Crippen LogP contribution in [0.15, 0.2) is 54.1 Å². The number of likely N-dealkylation sites (tertiary alicyclic amines) is 1.